The zero-order chi connectivity index (χ0) is 10.4. The maximum atomic E-state index is 11.6. The van der Waals surface area contributed by atoms with E-state index in [1.807, 2.05) is 18.7 Å². The number of carbonyl (C=O) groups excluding carboxylic acids is 1. The lowest BCUT2D eigenvalue weighted by molar-refractivity contribution is -0.125. The maximum Gasteiger partial charge on any atom is 0.223 e. The van der Waals surface area contributed by atoms with E-state index >= 15 is 0 Å². The summed E-state index contributed by atoms with van der Waals surface area (Å²) in [4.78, 5) is 11.6. The minimum atomic E-state index is 0. The summed E-state index contributed by atoms with van der Waals surface area (Å²) in [5.74, 6) is 2.74. The second-order valence-electron chi connectivity index (χ2n) is 3.94. The van der Waals surface area contributed by atoms with Crippen molar-refractivity contribution in [2.75, 3.05) is 18.1 Å². The number of amides is 1. The number of thioether (sulfide) groups is 1. The Morgan fingerprint density at radius 1 is 1.53 bits per heavy atom. The average Bonchev–Trinajstić information content (AvgIpc) is 2.18. The third-order valence-electron chi connectivity index (χ3n) is 2.49. The summed E-state index contributed by atoms with van der Waals surface area (Å²) in [7, 11) is 0. The molecule has 3 N–H and O–H groups in total. The van der Waals surface area contributed by atoms with E-state index < -0.39 is 0 Å². The number of nitrogens with one attached hydrogen (secondary N) is 1. The molecule has 90 valence electrons. The van der Waals surface area contributed by atoms with E-state index in [0.717, 1.165) is 37.3 Å². The zero-order valence-electron chi connectivity index (χ0n) is 9.20. The third kappa shape index (κ3) is 6.28. The van der Waals surface area contributed by atoms with Crippen LogP contribution in [0.1, 0.15) is 26.2 Å². The highest BCUT2D eigenvalue weighted by Crippen LogP contribution is 2.22. The van der Waals surface area contributed by atoms with Crippen LogP contribution >= 0.6 is 24.2 Å². The Hall–Kier alpha value is 0.0700. The summed E-state index contributed by atoms with van der Waals surface area (Å²) >= 11 is 1.94. The predicted molar refractivity (Wildman–Crippen MR) is 68.6 cm³/mol. The van der Waals surface area contributed by atoms with E-state index in [-0.39, 0.29) is 30.3 Å². The van der Waals surface area contributed by atoms with Gasteiger partial charge in [0.15, 0.2) is 0 Å². The third-order valence-corrected chi connectivity index (χ3v) is 3.54. The Labute approximate surface area is 102 Å². The van der Waals surface area contributed by atoms with E-state index in [2.05, 4.69) is 5.32 Å². The fraction of sp³-hybridized carbons (Fsp3) is 0.900. The number of carbonyl (C=O) groups is 1. The van der Waals surface area contributed by atoms with Crippen LogP contribution in [0.5, 0.6) is 0 Å². The highest BCUT2D eigenvalue weighted by Gasteiger charge is 2.20. The van der Waals surface area contributed by atoms with Gasteiger partial charge in [-0.05, 0) is 37.7 Å². The summed E-state index contributed by atoms with van der Waals surface area (Å²) in [6.07, 6.45) is 2.94. The Kier molecular flexibility index (Phi) is 8.29. The first-order valence-electron chi connectivity index (χ1n) is 5.31. The van der Waals surface area contributed by atoms with Gasteiger partial charge >= 0.3 is 0 Å². The van der Waals surface area contributed by atoms with Crippen LogP contribution < -0.4 is 11.1 Å². The molecule has 0 aliphatic carbocycles. The van der Waals surface area contributed by atoms with Crippen molar-refractivity contribution in [2.24, 2.45) is 11.7 Å². The van der Waals surface area contributed by atoms with Crippen LogP contribution in [0.3, 0.4) is 0 Å². The van der Waals surface area contributed by atoms with Crippen LogP contribution in [0.15, 0.2) is 0 Å². The summed E-state index contributed by atoms with van der Waals surface area (Å²) in [5, 5.41) is 2.96. The van der Waals surface area contributed by atoms with Gasteiger partial charge in [0.05, 0.1) is 0 Å². The Morgan fingerprint density at radius 2 is 2.13 bits per heavy atom. The summed E-state index contributed by atoms with van der Waals surface area (Å²) in [6, 6.07) is 0.178. The molecule has 1 fully saturated rings. The van der Waals surface area contributed by atoms with Gasteiger partial charge in [0, 0.05) is 18.5 Å². The number of hydrogen-bond donors (Lipinski definition) is 2. The molecule has 0 aromatic heterocycles. The Bertz CT molecular complexity index is 184. The molecule has 1 saturated heterocycles. The Morgan fingerprint density at radius 3 is 2.67 bits per heavy atom. The molecule has 1 heterocycles. The molecule has 1 aliphatic rings. The van der Waals surface area contributed by atoms with Gasteiger partial charge < -0.3 is 11.1 Å². The van der Waals surface area contributed by atoms with E-state index in [4.69, 9.17) is 5.73 Å². The SMILES string of the molecule is CC(N)CCNC(=O)C1CCSCC1.Cl. The van der Waals surface area contributed by atoms with Crippen LogP contribution in [0.25, 0.3) is 0 Å². The smallest absolute Gasteiger partial charge is 0.223 e. The van der Waals surface area contributed by atoms with Gasteiger partial charge in [0.1, 0.15) is 0 Å². The summed E-state index contributed by atoms with van der Waals surface area (Å²) in [5.41, 5.74) is 5.60. The van der Waals surface area contributed by atoms with E-state index in [9.17, 15) is 4.79 Å². The first kappa shape index (κ1) is 15.1. The highest BCUT2D eigenvalue weighted by molar-refractivity contribution is 7.99. The normalized spacial score (nSPS) is 19.1. The van der Waals surface area contributed by atoms with Crippen molar-refractivity contribution in [2.45, 2.75) is 32.2 Å². The minimum absolute atomic E-state index is 0. The molecule has 1 rings (SSSR count). The van der Waals surface area contributed by atoms with Gasteiger partial charge in [-0.15, -0.1) is 12.4 Å². The average molecular weight is 253 g/mol. The van der Waals surface area contributed by atoms with Crippen molar-refractivity contribution in [3.05, 3.63) is 0 Å². The molecule has 1 atom stereocenters. The molecule has 1 aliphatic heterocycles. The molecule has 5 heteroatoms. The first-order valence-corrected chi connectivity index (χ1v) is 6.46. The number of halogens is 1. The van der Waals surface area contributed by atoms with Crippen molar-refractivity contribution in [3.8, 4) is 0 Å². The highest BCUT2D eigenvalue weighted by atomic mass is 35.5. The fourth-order valence-corrected chi connectivity index (χ4v) is 2.63. The van der Waals surface area contributed by atoms with Crippen LogP contribution in [-0.4, -0.2) is 30.0 Å². The molecule has 1 unspecified atom stereocenters. The zero-order valence-corrected chi connectivity index (χ0v) is 10.8. The van der Waals surface area contributed by atoms with Crippen molar-refractivity contribution >= 4 is 30.1 Å². The predicted octanol–water partition coefficient (Wildman–Crippen LogP) is 1.40. The number of rotatable bonds is 4. The molecule has 0 saturated carbocycles. The Balaban J connectivity index is 0.00000196. The standard InChI is InChI=1S/C10H20N2OS.ClH/c1-8(11)2-5-12-10(13)9-3-6-14-7-4-9;/h8-9H,2-7,11H2,1H3,(H,12,13);1H. The quantitative estimate of drug-likeness (QED) is 0.796. The number of nitrogens with two attached hydrogens (primary N) is 1. The lowest BCUT2D eigenvalue weighted by atomic mass is 10.0. The molecular weight excluding hydrogens is 232 g/mol. The molecule has 0 spiro atoms. The molecule has 0 aromatic carbocycles. The van der Waals surface area contributed by atoms with E-state index in [1.54, 1.807) is 0 Å². The van der Waals surface area contributed by atoms with Crippen molar-refractivity contribution < 1.29 is 4.79 Å². The van der Waals surface area contributed by atoms with Crippen molar-refractivity contribution in [1.82, 2.24) is 5.32 Å². The molecule has 3 nitrogen and oxygen atoms in total. The largest absolute Gasteiger partial charge is 0.356 e. The second kappa shape index (κ2) is 8.25. The first-order chi connectivity index (χ1) is 6.70. The van der Waals surface area contributed by atoms with Crippen LogP contribution in [0.4, 0.5) is 0 Å². The number of hydrogen-bond acceptors (Lipinski definition) is 3. The van der Waals surface area contributed by atoms with Gasteiger partial charge in [0.2, 0.25) is 5.91 Å². The van der Waals surface area contributed by atoms with E-state index in [0.29, 0.717) is 0 Å². The fourth-order valence-electron chi connectivity index (χ4n) is 1.53. The second-order valence-corrected chi connectivity index (χ2v) is 5.17. The molecule has 0 aromatic rings. The lowest BCUT2D eigenvalue weighted by Crippen LogP contribution is -2.35. The van der Waals surface area contributed by atoms with Gasteiger partial charge in [-0.25, -0.2) is 0 Å². The van der Waals surface area contributed by atoms with Gasteiger partial charge in [0.25, 0.3) is 0 Å². The topological polar surface area (TPSA) is 55.1 Å². The van der Waals surface area contributed by atoms with E-state index in [1.165, 1.54) is 0 Å². The molecule has 0 bridgehead atoms. The maximum absolute atomic E-state index is 11.6. The molecular formula is C10H21ClN2OS. The summed E-state index contributed by atoms with van der Waals surface area (Å²) < 4.78 is 0. The molecule has 0 radical (unpaired) electrons. The lowest BCUT2D eigenvalue weighted by Gasteiger charge is -2.20. The molecule has 15 heavy (non-hydrogen) atoms. The van der Waals surface area contributed by atoms with Crippen LogP contribution in [0, 0.1) is 5.92 Å². The minimum Gasteiger partial charge on any atom is -0.356 e. The van der Waals surface area contributed by atoms with Crippen LogP contribution in [-0.2, 0) is 4.79 Å². The van der Waals surface area contributed by atoms with Gasteiger partial charge in [-0.3, -0.25) is 4.79 Å². The van der Waals surface area contributed by atoms with Crippen molar-refractivity contribution in [1.29, 1.82) is 0 Å². The van der Waals surface area contributed by atoms with Crippen LogP contribution in [0.2, 0.25) is 0 Å². The van der Waals surface area contributed by atoms with Gasteiger partial charge in [-0.2, -0.15) is 11.8 Å². The monoisotopic (exact) mass is 252 g/mol. The van der Waals surface area contributed by atoms with Gasteiger partial charge in [-0.1, -0.05) is 0 Å². The van der Waals surface area contributed by atoms with Crippen molar-refractivity contribution in [3.63, 3.8) is 0 Å². The summed E-state index contributed by atoms with van der Waals surface area (Å²) in [6.45, 7) is 2.68. The molecule has 1 amide bonds.